The number of nitrogens with zero attached hydrogens (tertiary/aromatic N) is 3. The maximum Gasteiger partial charge on any atom is 0.106 e. The van der Waals surface area contributed by atoms with Crippen molar-refractivity contribution < 1.29 is 0 Å². The van der Waals surface area contributed by atoms with Gasteiger partial charge in [0.2, 0.25) is 0 Å². The van der Waals surface area contributed by atoms with Gasteiger partial charge < -0.3 is 20.2 Å². The second kappa shape index (κ2) is 7.60. The summed E-state index contributed by atoms with van der Waals surface area (Å²) in [5.41, 5.74) is 6.26. The lowest BCUT2D eigenvalue weighted by Crippen LogP contribution is -2.32. The Labute approximate surface area is 155 Å². The van der Waals surface area contributed by atoms with Crippen LogP contribution in [-0.2, 0) is 6.54 Å². The third-order valence-electron chi connectivity index (χ3n) is 4.72. The first-order valence-electron chi connectivity index (χ1n) is 9.01. The fourth-order valence-electron chi connectivity index (χ4n) is 3.37. The van der Waals surface area contributed by atoms with Crippen LogP contribution in [0.3, 0.4) is 0 Å². The maximum absolute atomic E-state index is 7.95. The van der Waals surface area contributed by atoms with Gasteiger partial charge in [0.15, 0.2) is 0 Å². The summed E-state index contributed by atoms with van der Waals surface area (Å²) in [7, 11) is 0. The standard InChI is InChI=1S/C21H27N5/c1-15-7-9-19(10-8-15)24-20-6-5-11-26(21(20)12-22)17(3)14-25-13-16(2)23-18(25)4/h7-10,12-13,22,24H,3,5-6,11,14H2,1-2,4H3. The lowest BCUT2D eigenvalue weighted by atomic mass is 10.1. The number of aryl methyl sites for hydroxylation is 3. The number of nitrogens with one attached hydrogen (secondary N) is 2. The fourth-order valence-corrected chi connectivity index (χ4v) is 3.37. The Balaban J connectivity index is 1.81. The zero-order valence-corrected chi connectivity index (χ0v) is 15.8. The van der Waals surface area contributed by atoms with Crippen LogP contribution < -0.4 is 5.32 Å². The predicted molar refractivity (Wildman–Crippen MR) is 107 cm³/mol. The van der Waals surface area contributed by atoms with E-state index in [4.69, 9.17) is 5.41 Å². The van der Waals surface area contributed by atoms with Crippen molar-refractivity contribution in [2.24, 2.45) is 0 Å². The molecule has 1 aromatic carbocycles. The molecule has 2 heterocycles. The molecule has 0 fully saturated rings. The van der Waals surface area contributed by atoms with Gasteiger partial charge in [0, 0.05) is 36.0 Å². The number of hydrogen-bond donors (Lipinski definition) is 2. The lowest BCUT2D eigenvalue weighted by Gasteiger charge is -2.34. The van der Waals surface area contributed by atoms with Crippen molar-refractivity contribution >= 4 is 11.9 Å². The summed E-state index contributed by atoms with van der Waals surface area (Å²) in [6, 6.07) is 8.35. The largest absolute Gasteiger partial charge is 0.357 e. The Morgan fingerprint density at radius 2 is 2.00 bits per heavy atom. The molecule has 136 valence electrons. The van der Waals surface area contributed by atoms with Crippen LogP contribution in [0.2, 0.25) is 0 Å². The third kappa shape index (κ3) is 3.87. The molecule has 0 saturated heterocycles. The highest BCUT2D eigenvalue weighted by molar-refractivity contribution is 5.78. The quantitative estimate of drug-likeness (QED) is 0.761. The van der Waals surface area contributed by atoms with Crippen molar-refractivity contribution in [3.05, 3.63) is 71.2 Å². The molecule has 0 aliphatic carbocycles. The third-order valence-corrected chi connectivity index (χ3v) is 4.72. The molecule has 26 heavy (non-hydrogen) atoms. The van der Waals surface area contributed by atoms with Crippen molar-refractivity contribution in [3.8, 4) is 0 Å². The average Bonchev–Trinajstić information content (AvgIpc) is 2.93. The summed E-state index contributed by atoms with van der Waals surface area (Å²) in [5, 5.41) is 11.5. The molecule has 5 nitrogen and oxygen atoms in total. The van der Waals surface area contributed by atoms with Gasteiger partial charge in [-0.25, -0.2) is 4.98 Å². The first kappa shape index (κ1) is 18.0. The van der Waals surface area contributed by atoms with Gasteiger partial charge in [-0.1, -0.05) is 24.3 Å². The van der Waals surface area contributed by atoms with Gasteiger partial charge in [0.1, 0.15) is 5.82 Å². The van der Waals surface area contributed by atoms with Gasteiger partial charge in [-0.3, -0.25) is 0 Å². The summed E-state index contributed by atoms with van der Waals surface area (Å²) < 4.78 is 2.11. The molecule has 3 rings (SSSR count). The van der Waals surface area contributed by atoms with Crippen LogP contribution in [0.5, 0.6) is 0 Å². The van der Waals surface area contributed by atoms with Crippen molar-refractivity contribution in [1.29, 1.82) is 5.41 Å². The Morgan fingerprint density at radius 3 is 2.62 bits per heavy atom. The van der Waals surface area contributed by atoms with Gasteiger partial charge in [0.05, 0.1) is 17.9 Å². The molecule has 0 amide bonds. The number of rotatable bonds is 6. The Bertz CT molecular complexity index is 842. The summed E-state index contributed by atoms with van der Waals surface area (Å²) in [6.45, 7) is 11.9. The Kier molecular flexibility index (Phi) is 5.26. The van der Waals surface area contributed by atoms with E-state index in [0.29, 0.717) is 6.54 Å². The van der Waals surface area contributed by atoms with Gasteiger partial charge in [-0.05, 0) is 45.7 Å². The molecule has 0 atom stereocenters. The number of hydrogen-bond acceptors (Lipinski definition) is 4. The second-order valence-corrected chi connectivity index (χ2v) is 6.88. The van der Waals surface area contributed by atoms with E-state index in [1.807, 2.05) is 20.0 Å². The molecule has 0 spiro atoms. The van der Waals surface area contributed by atoms with E-state index in [1.54, 1.807) is 0 Å². The fraction of sp³-hybridized carbons (Fsp3) is 0.333. The summed E-state index contributed by atoms with van der Waals surface area (Å²) in [6.07, 6.45) is 5.45. The van der Waals surface area contributed by atoms with Crippen LogP contribution in [0.15, 0.2) is 54.1 Å². The number of anilines is 1. The van der Waals surface area contributed by atoms with Gasteiger partial charge in [0.25, 0.3) is 0 Å². The number of aromatic nitrogens is 2. The van der Waals surface area contributed by atoms with Gasteiger partial charge in [-0.2, -0.15) is 0 Å². The Morgan fingerprint density at radius 1 is 1.27 bits per heavy atom. The molecule has 0 bridgehead atoms. The summed E-state index contributed by atoms with van der Waals surface area (Å²) >= 11 is 0. The molecule has 5 heteroatoms. The van der Waals surface area contributed by atoms with E-state index >= 15 is 0 Å². The number of imidazole rings is 1. The van der Waals surface area contributed by atoms with Gasteiger partial charge >= 0.3 is 0 Å². The van der Waals surface area contributed by atoms with Crippen molar-refractivity contribution in [3.63, 3.8) is 0 Å². The monoisotopic (exact) mass is 349 g/mol. The first-order chi connectivity index (χ1) is 12.5. The van der Waals surface area contributed by atoms with Crippen molar-refractivity contribution in [1.82, 2.24) is 14.5 Å². The SMILES string of the molecule is C=C(Cn1cc(C)nc1C)N1CCCC(Nc2ccc(C)cc2)=C1C=N. The Hall–Kier alpha value is -2.82. The highest BCUT2D eigenvalue weighted by atomic mass is 15.2. The molecule has 2 aromatic rings. The smallest absolute Gasteiger partial charge is 0.106 e. The minimum Gasteiger partial charge on any atom is -0.357 e. The summed E-state index contributed by atoms with van der Waals surface area (Å²) in [4.78, 5) is 6.61. The lowest BCUT2D eigenvalue weighted by molar-refractivity contribution is 0.386. The molecule has 1 aliphatic rings. The molecular weight excluding hydrogens is 322 g/mol. The van der Waals surface area contributed by atoms with Crippen LogP contribution in [0.25, 0.3) is 0 Å². The van der Waals surface area contributed by atoms with Gasteiger partial charge in [-0.15, -0.1) is 0 Å². The normalized spacial score (nSPS) is 14.5. The molecule has 2 N–H and O–H groups in total. The average molecular weight is 349 g/mol. The molecular formula is C21H27N5. The topological polar surface area (TPSA) is 56.9 Å². The van der Waals surface area contributed by atoms with Crippen molar-refractivity contribution in [2.75, 3.05) is 11.9 Å². The highest BCUT2D eigenvalue weighted by Gasteiger charge is 2.21. The van der Waals surface area contributed by atoms with Crippen LogP contribution in [0, 0.1) is 26.2 Å². The van der Waals surface area contributed by atoms with E-state index in [2.05, 4.69) is 57.5 Å². The van der Waals surface area contributed by atoms with Crippen LogP contribution in [0.1, 0.15) is 29.9 Å². The second-order valence-electron chi connectivity index (χ2n) is 6.88. The molecule has 0 unspecified atom stereocenters. The number of benzene rings is 1. The van der Waals surface area contributed by atoms with E-state index in [1.165, 1.54) is 11.8 Å². The highest BCUT2D eigenvalue weighted by Crippen LogP contribution is 2.26. The van der Waals surface area contributed by atoms with Crippen LogP contribution in [-0.4, -0.2) is 27.2 Å². The molecule has 0 radical (unpaired) electrons. The van der Waals surface area contributed by atoms with Crippen LogP contribution >= 0.6 is 0 Å². The minimum atomic E-state index is 0.682. The van der Waals surface area contributed by atoms with Crippen molar-refractivity contribution in [2.45, 2.75) is 40.2 Å². The van der Waals surface area contributed by atoms with Crippen LogP contribution in [0.4, 0.5) is 5.69 Å². The molecule has 1 aromatic heterocycles. The van der Waals surface area contributed by atoms with E-state index in [-0.39, 0.29) is 0 Å². The first-order valence-corrected chi connectivity index (χ1v) is 9.01. The molecule has 1 aliphatic heterocycles. The van der Waals surface area contributed by atoms with E-state index < -0.39 is 0 Å². The summed E-state index contributed by atoms with van der Waals surface area (Å²) in [5.74, 6) is 0.985. The number of allylic oxidation sites excluding steroid dienone is 3. The maximum atomic E-state index is 7.95. The predicted octanol–water partition coefficient (Wildman–Crippen LogP) is 4.39. The molecule has 0 saturated carbocycles. The van der Waals surface area contributed by atoms with E-state index in [9.17, 15) is 0 Å². The van der Waals surface area contributed by atoms with E-state index in [0.717, 1.165) is 53.7 Å². The zero-order valence-electron chi connectivity index (χ0n) is 15.8. The zero-order chi connectivity index (χ0) is 18.7. The minimum absolute atomic E-state index is 0.682.